The van der Waals surface area contributed by atoms with E-state index >= 15 is 0 Å². The number of rotatable bonds is 7. The van der Waals surface area contributed by atoms with Crippen LogP contribution in [0, 0.1) is 5.41 Å². The molecule has 0 radical (unpaired) electrons. The first-order valence-corrected chi connectivity index (χ1v) is 6.73. The molecule has 3 N–H and O–H groups in total. The molecule has 1 saturated heterocycles. The van der Waals surface area contributed by atoms with E-state index < -0.39 is 0 Å². The summed E-state index contributed by atoms with van der Waals surface area (Å²) in [5.41, 5.74) is 6.22. The van der Waals surface area contributed by atoms with Crippen LogP contribution in [0.15, 0.2) is 0 Å². The fraction of sp³-hybridized carbons (Fsp3) is 1.00. The zero-order valence-corrected chi connectivity index (χ0v) is 10.9. The molecule has 0 amide bonds. The molecule has 1 fully saturated rings. The molecule has 0 bridgehead atoms. The van der Waals surface area contributed by atoms with Crippen molar-refractivity contribution in [1.29, 1.82) is 0 Å². The van der Waals surface area contributed by atoms with Crippen molar-refractivity contribution < 1.29 is 4.74 Å². The van der Waals surface area contributed by atoms with Gasteiger partial charge in [-0.1, -0.05) is 19.8 Å². The van der Waals surface area contributed by atoms with Gasteiger partial charge in [-0.2, -0.15) is 0 Å². The maximum Gasteiger partial charge on any atom is 0.0472 e. The van der Waals surface area contributed by atoms with Crippen molar-refractivity contribution in [2.45, 2.75) is 52.0 Å². The summed E-state index contributed by atoms with van der Waals surface area (Å²) in [6.07, 6.45) is 6.08. The molecule has 0 saturated carbocycles. The van der Waals surface area contributed by atoms with Crippen molar-refractivity contribution >= 4 is 0 Å². The minimum Gasteiger partial charge on any atom is -0.381 e. The summed E-state index contributed by atoms with van der Waals surface area (Å²) >= 11 is 0. The molecular formula is C13H28N2O. The Balaban J connectivity index is 2.27. The van der Waals surface area contributed by atoms with Gasteiger partial charge in [0.15, 0.2) is 0 Å². The molecule has 1 atom stereocenters. The normalized spacial score (nSPS) is 21.9. The smallest absolute Gasteiger partial charge is 0.0472 e. The van der Waals surface area contributed by atoms with Crippen molar-refractivity contribution in [3.05, 3.63) is 0 Å². The number of nitrogens with one attached hydrogen (secondary N) is 1. The average molecular weight is 228 g/mol. The molecule has 1 unspecified atom stereocenters. The third-order valence-electron chi connectivity index (χ3n) is 3.80. The van der Waals surface area contributed by atoms with E-state index in [4.69, 9.17) is 10.5 Å². The lowest BCUT2D eigenvalue weighted by atomic mass is 9.80. The minimum absolute atomic E-state index is 0.290. The molecule has 1 aliphatic heterocycles. The van der Waals surface area contributed by atoms with Crippen LogP contribution in [0.5, 0.6) is 0 Å². The van der Waals surface area contributed by atoms with E-state index in [0.717, 1.165) is 39.1 Å². The van der Waals surface area contributed by atoms with Crippen LogP contribution >= 0.6 is 0 Å². The van der Waals surface area contributed by atoms with Gasteiger partial charge in [0, 0.05) is 25.8 Å². The fourth-order valence-electron chi connectivity index (χ4n) is 2.26. The van der Waals surface area contributed by atoms with Crippen molar-refractivity contribution in [3.63, 3.8) is 0 Å². The van der Waals surface area contributed by atoms with Crippen molar-refractivity contribution in [1.82, 2.24) is 5.32 Å². The summed E-state index contributed by atoms with van der Waals surface area (Å²) < 4.78 is 5.41. The largest absolute Gasteiger partial charge is 0.381 e. The Bertz CT molecular complexity index is 179. The molecule has 1 aliphatic rings. The molecule has 1 rings (SSSR count). The van der Waals surface area contributed by atoms with E-state index in [-0.39, 0.29) is 0 Å². The lowest BCUT2D eigenvalue weighted by Gasteiger charge is -2.37. The highest BCUT2D eigenvalue weighted by atomic mass is 16.5. The second kappa shape index (κ2) is 7.25. The molecule has 96 valence electrons. The quantitative estimate of drug-likeness (QED) is 0.700. The first-order valence-electron chi connectivity index (χ1n) is 6.73. The molecule has 3 nitrogen and oxygen atoms in total. The van der Waals surface area contributed by atoms with E-state index in [1.54, 1.807) is 0 Å². The average Bonchev–Trinajstić information content (AvgIpc) is 2.35. The lowest BCUT2D eigenvalue weighted by molar-refractivity contribution is 0.0180. The molecule has 0 aliphatic carbocycles. The van der Waals surface area contributed by atoms with Crippen molar-refractivity contribution in [2.24, 2.45) is 11.1 Å². The topological polar surface area (TPSA) is 47.3 Å². The maximum absolute atomic E-state index is 5.93. The van der Waals surface area contributed by atoms with Gasteiger partial charge >= 0.3 is 0 Å². The van der Waals surface area contributed by atoms with Gasteiger partial charge in [0.25, 0.3) is 0 Å². The highest BCUT2D eigenvalue weighted by molar-refractivity contribution is 4.85. The van der Waals surface area contributed by atoms with Gasteiger partial charge in [0.05, 0.1) is 0 Å². The summed E-state index contributed by atoms with van der Waals surface area (Å²) in [5, 5.41) is 3.64. The Labute approximate surface area is 100 Å². The molecule has 1 heterocycles. The van der Waals surface area contributed by atoms with E-state index in [1.165, 1.54) is 19.3 Å². The Kier molecular flexibility index (Phi) is 6.32. The van der Waals surface area contributed by atoms with Crippen LogP contribution in [0.4, 0.5) is 0 Å². The summed E-state index contributed by atoms with van der Waals surface area (Å²) in [6.45, 7) is 8.11. The van der Waals surface area contributed by atoms with Crippen molar-refractivity contribution in [3.8, 4) is 0 Å². The van der Waals surface area contributed by atoms with Crippen LogP contribution in [-0.2, 0) is 4.74 Å². The van der Waals surface area contributed by atoms with E-state index in [2.05, 4.69) is 19.2 Å². The molecule has 0 spiro atoms. The maximum atomic E-state index is 5.93. The van der Waals surface area contributed by atoms with Crippen LogP contribution < -0.4 is 11.1 Å². The molecule has 0 aromatic carbocycles. The zero-order chi connectivity index (χ0) is 11.9. The van der Waals surface area contributed by atoms with Gasteiger partial charge in [-0.3, -0.25) is 0 Å². The molecular weight excluding hydrogens is 200 g/mol. The van der Waals surface area contributed by atoms with Crippen molar-refractivity contribution in [2.75, 3.05) is 26.3 Å². The van der Waals surface area contributed by atoms with Gasteiger partial charge in [-0.05, 0) is 38.1 Å². The lowest BCUT2D eigenvalue weighted by Crippen LogP contribution is -2.46. The number of nitrogens with two attached hydrogens (primary N) is 1. The van der Waals surface area contributed by atoms with E-state index in [0.29, 0.717) is 11.5 Å². The second-order valence-corrected chi connectivity index (χ2v) is 5.24. The fourth-order valence-corrected chi connectivity index (χ4v) is 2.26. The van der Waals surface area contributed by atoms with Gasteiger partial charge in [-0.25, -0.2) is 0 Å². The van der Waals surface area contributed by atoms with Crippen LogP contribution in [0.1, 0.15) is 46.0 Å². The van der Waals surface area contributed by atoms with Gasteiger partial charge in [0.1, 0.15) is 0 Å². The van der Waals surface area contributed by atoms with Crippen LogP contribution in [0.25, 0.3) is 0 Å². The predicted molar refractivity (Wildman–Crippen MR) is 68.5 cm³/mol. The number of hydrogen-bond acceptors (Lipinski definition) is 3. The van der Waals surface area contributed by atoms with Crippen LogP contribution in [-0.4, -0.2) is 32.3 Å². The Morgan fingerprint density at radius 2 is 2.06 bits per heavy atom. The first-order chi connectivity index (χ1) is 7.72. The highest BCUT2D eigenvalue weighted by Gasteiger charge is 2.31. The number of hydrogen-bond donors (Lipinski definition) is 2. The summed E-state index contributed by atoms with van der Waals surface area (Å²) in [6, 6.07) is 0.617. The monoisotopic (exact) mass is 228 g/mol. The molecule has 3 heteroatoms. The SMILES string of the molecule is CCCCC(C)NCC1(CN)CCOCC1. The summed E-state index contributed by atoms with van der Waals surface area (Å²) in [7, 11) is 0. The zero-order valence-electron chi connectivity index (χ0n) is 10.9. The summed E-state index contributed by atoms with van der Waals surface area (Å²) in [5.74, 6) is 0. The molecule has 0 aromatic heterocycles. The Morgan fingerprint density at radius 3 is 2.62 bits per heavy atom. The van der Waals surface area contributed by atoms with Crippen LogP contribution in [0.2, 0.25) is 0 Å². The van der Waals surface area contributed by atoms with E-state index in [9.17, 15) is 0 Å². The van der Waals surface area contributed by atoms with Gasteiger partial charge in [0.2, 0.25) is 0 Å². The molecule has 16 heavy (non-hydrogen) atoms. The number of ether oxygens (including phenoxy) is 1. The standard InChI is InChI=1S/C13H28N2O/c1-3-4-5-12(2)15-11-13(10-14)6-8-16-9-7-13/h12,15H,3-11,14H2,1-2H3. The third-order valence-corrected chi connectivity index (χ3v) is 3.80. The van der Waals surface area contributed by atoms with Gasteiger partial charge in [-0.15, -0.1) is 0 Å². The third kappa shape index (κ3) is 4.40. The van der Waals surface area contributed by atoms with E-state index in [1.807, 2.05) is 0 Å². The summed E-state index contributed by atoms with van der Waals surface area (Å²) in [4.78, 5) is 0. The Hall–Kier alpha value is -0.120. The molecule has 0 aromatic rings. The first kappa shape index (κ1) is 13.9. The minimum atomic E-state index is 0.290. The predicted octanol–water partition coefficient (Wildman–Crippen LogP) is 1.91. The number of unbranched alkanes of at least 4 members (excludes halogenated alkanes) is 1. The highest BCUT2D eigenvalue weighted by Crippen LogP contribution is 2.28. The van der Waals surface area contributed by atoms with Gasteiger partial charge < -0.3 is 15.8 Å². The van der Waals surface area contributed by atoms with Crippen LogP contribution in [0.3, 0.4) is 0 Å². The second-order valence-electron chi connectivity index (χ2n) is 5.24. The Morgan fingerprint density at radius 1 is 1.38 bits per heavy atom.